The smallest absolute Gasteiger partial charge is 0.255 e. The second kappa shape index (κ2) is 11.1. The molecule has 2 heterocycles. The molecule has 9 nitrogen and oxygen atoms in total. The summed E-state index contributed by atoms with van der Waals surface area (Å²) in [6, 6.07) is 4.88. The van der Waals surface area contributed by atoms with Crippen molar-refractivity contribution in [3.8, 4) is 0 Å². The summed E-state index contributed by atoms with van der Waals surface area (Å²) in [7, 11) is 0. The number of imide groups is 1. The number of hydrogen-bond donors (Lipinski definition) is 3. The van der Waals surface area contributed by atoms with E-state index in [9.17, 15) is 14.4 Å². The number of hydrogen-bond acceptors (Lipinski definition) is 7. The van der Waals surface area contributed by atoms with Crippen LogP contribution in [0.15, 0.2) is 18.2 Å². The maximum Gasteiger partial charge on any atom is 0.255 e. The molecular formula is C19H28N4O5S. The number of ether oxygens (including phenoxy) is 2. The highest BCUT2D eigenvalue weighted by Gasteiger charge is 2.39. The molecular weight excluding hydrogens is 396 g/mol. The molecule has 1 aromatic carbocycles. The molecule has 0 radical (unpaired) electrons. The predicted molar refractivity (Wildman–Crippen MR) is 112 cm³/mol. The highest BCUT2D eigenvalue weighted by atomic mass is 32.1. The standard InChI is InChI=1S/C19H26N4O5.H2S/c20-6-8-27-10-11-28-9-7-21-15-3-1-2-13-14(15)12-23(19(13)26)16-4-5-17(24)22-18(16)25;/h1-3,16,21H,4-12,20H2,(H,22,24,25);1H2. The second-order valence-corrected chi connectivity index (χ2v) is 6.67. The third-order valence-electron chi connectivity index (χ3n) is 4.78. The average Bonchev–Trinajstić information content (AvgIpc) is 3.01. The van der Waals surface area contributed by atoms with Gasteiger partial charge in [-0.15, -0.1) is 0 Å². The Labute approximate surface area is 176 Å². The van der Waals surface area contributed by atoms with Crippen LogP contribution < -0.4 is 16.4 Å². The van der Waals surface area contributed by atoms with Gasteiger partial charge in [-0.3, -0.25) is 19.7 Å². The molecule has 1 unspecified atom stereocenters. The molecule has 1 fully saturated rings. The third-order valence-corrected chi connectivity index (χ3v) is 4.78. The van der Waals surface area contributed by atoms with Gasteiger partial charge in [0.25, 0.3) is 5.91 Å². The van der Waals surface area contributed by atoms with Crippen LogP contribution in [-0.2, 0) is 25.6 Å². The molecule has 0 saturated carbocycles. The van der Waals surface area contributed by atoms with Gasteiger partial charge in [0.2, 0.25) is 11.8 Å². The van der Waals surface area contributed by atoms with Crippen molar-refractivity contribution in [2.45, 2.75) is 25.4 Å². The number of amides is 3. The molecule has 0 spiro atoms. The quantitative estimate of drug-likeness (QED) is 0.356. The largest absolute Gasteiger partial charge is 0.382 e. The molecule has 0 aromatic heterocycles. The minimum atomic E-state index is -0.609. The van der Waals surface area contributed by atoms with Crippen molar-refractivity contribution in [3.05, 3.63) is 29.3 Å². The summed E-state index contributed by atoms with van der Waals surface area (Å²) in [5, 5.41) is 5.60. The van der Waals surface area contributed by atoms with Gasteiger partial charge >= 0.3 is 0 Å². The summed E-state index contributed by atoms with van der Waals surface area (Å²) in [4.78, 5) is 37.8. The number of anilines is 1. The van der Waals surface area contributed by atoms with E-state index >= 15 is 0 Å². The highest BCUT2D eigenvalue weighted by molar-refractivity contribution is 7.59. The van der Waals surface area contributed by atoms with Gasteiger partial charge in [-0.25, -0.2) is 0 Å². The Morgan fingerprint density at radius 3 is 2.62 bits per heavy atom. The number of nitrogens with one attached hydrogen (secondary N) is 2. The number of fused-ring (bicyclic) bond motifs is 1. The Balaban J connectivity index is 0.00000300. The topological polar surface area (TPSA) is 123 Å². The molecule has 0 bridgehead atoms. The van der Waals surface area contributed by atoms with E-state index in [1.165, 1.54) is 0 Å². The fraction of sp³-hybridized carbons (Fsp3) is 0.526. The zero-order valence-corrected chi connectivity index (χ0v) is 17.2. The van der Waals surface area contributed by atoms with E-state index in [-0.39, 0.29) is 31.7 Å². The van der Waals surface area contributed by atoms with Crippen LogP contribution in [0.1, 0.15) is 28.8 Å². The highest BCUT2D eigenvalue weighted by Crippen LogP contribution is 2.32. The van der Waals surface area contributed by atoms with Crippen molar-refractivity contribution in [1.82, 2.24) is 10.2 Å². The lowest BCUT2D eigenvalue weighted by molar-refractivity contribution is -0.136. The van der Waals surface area contributed by atoms with Gasteiger partial charge in [-0.05, 0) is 18.6 Å². The maximum absolute atomic E-state index is 12.8. The summed E-state index contributed by atoms with van der Waals surface area (Å²) < 4.78 is 10.7. The minimum absolute atomic E-state index is 0. The Morgan fingerprint density at radius 1 is 1.14 bits per heavy atom. The molecule has 2 aliphatic rings. The van der Waals surface area contributed by atoms with E-state index in [4.69, 9.17) is 15.2 Å². The van der Waals surface area contributed by atoms with Crippen LogP contribution in [-0.4, -0.2) is 68.2 Å². The van der Waals surface area contributed by atoms with Gasteiger partial charge in [0.15, 0.2) is 0 Å². The summed E-state index contributed by atoms with van der Waals surface area (Å²) in [6.45, 7) is 3.45. The summed E-state index contributed by atoms with van der Waals surface area (Å²) in [5.74, 6) is -0.875. The fourth-order valence-electron chi connectivity index (χ4n) is 3.41. The summed E-state index contributed by atoms with van der Waals surface area (Å²) in [5.41, 5.74) is 7.64. The third kappa shape index (κ3) is 5.69. The first-order valence-electron chi connectivity index (χ1n) is 9.47. The molecule has 29 heavy (non-hydrogen) atoms. The lowest BCUT2D eigenvalue weighted by atomic mass is 10.0. The normalized spacial score (nSPS) is 18.3. The van der Waals surface area contributed by atoms with Gasteiger partial charge in [-0.2, -0.15) is 13.5 Å². The van der Waals surface area contributed by atoms with Crippen LogP contribution in [0.3, 0.4) is 0 Å². The molecule has 1 aromatic rings. The van der Waals surface area contributed by atoms with Crippen molar-refractivity contribution >= 4 is 36.9 Å². The maximum atomic E-state index is 12.8. The van der Waals surface area contributed by atoms with Crippen LogP contribution >= 0.6 is 13.5 Å². The van der Waals surface area contributed by atoms with E-state index in [2.05, 4.69) is 10.6 Å². The molecule has 4 N–H and O–H groups in total. The van der Waals surface area contributed by atoms with Gasteiger partial charge in [-0.1, -0.05) is 6.07 Å². The first-order chi connectivity index (χ1) is 13.6. The van der Waals surface area contributed by atoms with Gasteiger partial charge in [0, 0.05) is 42.9 Å². The monoisotopic (exact) mass is 424 g/mol. The molecule has 160 valence electrons. The number of carbonyl (C=O) groups is 3. The minimum Gasteiger partial charge on any atom is -0.382 e. The number of nitrogens with two attached hydrogens (primary N) is 1. The summed E-state index contributed by atoms with van der Waals surface area (Å²) in [6.07, 6.45) is 0.598. The predicted octanol–water partition coefficient (Wildman–Crippen LogP) is -0.0358. The van der Waals surface area contributed by atoms with E-state index in [0.717, 1.165) is 11.3 Å². The zero-order valence-electron chi connectivity index (χ0n) is 16.2. The van der Waals surface area contributed by atoms with Gasteiger partial charge in [0.05, 0.1) is 26.4 Å². The lowest BCUT2D eigenvalue weighted by Gasteiger charge is -2.29. The van der Waals surface area contributed by atoms with Crippen LogP contribution in [0, 0.1) is 0 Å². The Morgan fingerprint density at radius 2 is 1.90 bits per heavy atom. The fourth-order valence-corrected chi connectivity index (χ4v) is 3.41. The molecule has 2 aliphatic heterocycles. The Bertz CT molecular complexity index is 745. The van der Waals surface area contributed by atoms with Gasteiger partial charge in [0.1, 0.15) is 6.04 Å². The zero-order chi connectivity index (χ0) is 19.9. The Kier molecular flexibility index (Phi) is 8.90. The lowest BCUT2D eigenvalue weighted by Crippen LogP contribution is -2.52. The van der Waals surface area contributed by atoms with E-state index in [0.29, 0.717) is 58.0 Å². The number of carbonyl (C=O) groups excluding carboxylic acids is 3. The SMILES string of the molecule is NCCOCCOCCNc1cccc2c1CN(C1CCC(=O)NC1=O)C2=O.S. The Hall–Kier alpha value is -2.14. The molecule has 3 rings (SSSR count). The number of rotatable bonds is 10. The number of piperidine rings is 1. The van der Waals surface area contributed by atoms with E-state index in [1.807, 2.05) is 12.1 Å². The first-order valence-corrected chi connectivity index (χ1v) is 9.47. The van der Waals surface area contributed by atoms with Gasteiger partial charge < -0.3 is 25.4 Å². The molecule has 0 aliphatic carbocycles. The first kappa shape index (κ1) is 23.1. The van der Waals surface area contributed by atoms with Crippen LogP contribution in [0.25, 0.3) is 0 Å². The van der Waals surface area contributed by atoms with Crippen LogP contribution in [0.4, 0.5) is 5.69 Å². The van der Waals surface area contributed by atoms with Crippen molar-refractivity contribution in [2.24, 2.45) is 5.73 Å². The van der Waals surface area contributed by atoms with E-state index in [1.54, 1.807) is 11.0 Å². The van der Waals surface area contributed by atoms with Crippen molar-refractivity contribution in [3.63, 3.8) is 0 Å². The van der Waals surface area contributed by atoms with Crippen LogP contribution in [0.5, 0.6) is 0 Å². The molecule has 3 amide bonds. The summed E-state index contributed by atoms with van der Waals surface area (Å²) >= 11 is 0. The van der Waals surface area contributed by atoms with Crippen molar-refractivity contribution in [2.75, 3.05) is 44.8 Å². The van der Waals surface area contributed by atoms with Crippen LogP contribution in [0.2, 0.25) is 0 Å². The molecule has 1 atom stereocenters. The average molecular weight is 425 g/mol. The second-order valence-electron chi connectivity index (χ2n) is 6.67. The molecule has 1 saturated heterocycles. The van der Waals surface area contributed by atoms with Crippen molar-refractivity contribution in [1.29, 1.82) is 0 Å². The number of nitrogens with zero attached hydrogens (tertiary/aromatic N) is 1. The molecule has 10 heteroatoms. The van der Waals surface area contributed by atoms with Crippen molar-refractivity contribution < 1.29 is 23.9 Å². The number of benzene rings is 1. The van der Waals surface area contributed by atoms with E-state index < -0.39 is 11.9 Å².